The molecule has 0 aliphatic rings. The van der Waals surface area contributed by atoms with Crippen LogP contribution in [0.3, 0.4) is 0 Å². The predicted molar refractivity (Wildman–Crippen MR) is 146 cm³/mol. The van der Waals surface area contributed by atoms with Crippen molar-refractivity contribution in [3.63, 3.8) is 0 Å². The monoisotopic (exact) mass is 479 g/mol. The van der Waals surface area contributed by atoms with Crippen molar-refractivity contribution < 1.29 is 14.3 Å². The predicted octanol–water partition coefficient (Wildman–Crippen LogP) is 7.57. The van der Waals surface area contributed by atoms with Crippen LogP contribution in [0.15, 0.2) is 91.3 Å². The third-order valence-electron chi connectivity index (χ3n) is 6.11. The van der Waals surface area contributed by atoms with Gasteiger partial charge in [0.2, 0.25) is 0 Å². The van der Waals surface area contributed by atoms with E-state index in [4.69, 9.17) is 9.47 Å². The molecule has 4 rings (SSSR count). The van der Waals surface area contributed by atoms with Crippen LogP contribution in [0.1, 0.15) is 53.4 Å². The van der Waals surface area contributed by atoms with E-state index in [2.05, 4.69) is 45.9 Å². The molecule has 36 heavy (non-hydrogen) atoms. The Morgan fingerprint density at radius 3 is 2.31 bits per heavy atom. The zero-order valence-electron chi connectivity index (χ0n) is 21.6. The Morgan fingerprint density at radius 2 is 1.64 bits per heavy atom. The van der Waals surface area contributed by atoms with E-state index in [0.29, 0.717) is 12.2 Å². The van der Waals surface area contributed by atoms with Gasteiger partial charge in [-0.25, -0.2) is 0 Å². The summed E-state index contributed by atoms with van der Waals surface area (Å²) < 4.78 is 13.9. The fourth-order valence-electron chi connectivity index (χ4n) is 4.11. The molecular weight excluding hydrogens is 446 g/mol. The largest absolute Gasteiger partial charge is 0.496 e. The lowest BCUT2D eigenvalue weighted by Crippen LogP contribution is -2.13. The molecule has 0 fully saturated rings. The van der Waals surface area contributed by atoms with Gasteiger partial charge >= 0.3 is 0 Å². The zero-order chi connectivity index (χ0) is 25.7. The van der Waals surface area contributed by atoms with E-state index in [1.54, 1.807) is 13.2 Å². The molecule has 1 aromatic heterocycles. The lowest BCUT2D eigenvalue weighted by molar-refractivity contribution is 0.104. The number of aryl methyl sites for hydroxylation is 1. The van der Waals surface area contributed by atoms with Gasteiger partial charge in [-0.3, -0.25) is 4.79 Å². The van der Waals surface area contributed by atoms with E-state index >= 15 is 0 Å². The molecule has 0 N–H and O–H groups in total. The van der Waals surface area contributed by atoms with E-state index < -0.39 is 0 Å². The van der Waals surface area contributed by atoms with Crippen molar-refractivity contribution in [2.24, 2.45) is 0 Å². The maximum absolute atomic E-state index is 12.8. The Labute approximate surface area is 213 Å². The summed E-state index contributed by atoms with van der Waals surface area (Å²) >= 11 is 0. The number of hydrogen-bond donors (Lipinski definition) is 0. The Balaban J connectivity index is 1.50. The van der Waals surface area contributed by atoms with Gasteiger partial charge in [-0.15, -0.1) is 0 Å². The maximum atomic E-state index is 12.8. The van der Waals surface area contributed by atoms with Gasteiger partial charge in [0.25, 0.3) is 0 Å². The molecular formula is C32H33NO3. The fourth-order valence-corrected chi connectivity index (χ4v) is 4.11. The highest BCUT2D eigenvalue weighted by Gasteiger charge is 2.19. The summed E-state index contributed by atoms with van der Waals surface area (Å²) in [5, 5.41) is 0. The van der Waals surface area contributed by atoms with Crippen molar-refractivity contribution in [3.05, 3.63) is 119 Å². The highest BCUT2D eigenvalue weighted by atomic mass is 16.5. The molecule has 1 heterocycles. The van der Waals surface area contributed by atoms with E-state index in [1.165, 1.54) is 0 Å². The first-order valence-corrected chi connectivity index (χ1v) is 12.1. The molecule has 0 saturated carbocycles. The number of hydrogen-bond acceptors (Lipinski definition) is 3. The number of aromatic nitrogens is 1. The van der Waals surface area contributed by atoms with Crippen LogP contribution in [-0.4, -0.2) is 17.5 Å². The van der Waals surface area contributed by atoms with Crippen LogP contribution in [-0.2, 0) is 12.0 Å². The van der Waals surface area contributed by atoms with Crippen molar-refractivity contribution in [2.45, 2.75) is 39.7 Å². The maximum Gasteiger partial charge on any atom is 0.185 e. The van der Waals surface area contributed by atoms with Crippen LogP contribution in [0.2, 0.25) is 0 Å². The quantitative estimate of drug-likeness (QED) is 0.193. The zero-order valence-corrected chi connectivity index (χ0v) is 21.6. The number of carbonyl (C=O) groups is 1. The van der Waals surface area contributed by atoms with Gasteiger partial charge in [0.1, 0.15) is 18.1 Å². The van der Waals surface area contributed by atoms with E-state index in [0.717, 1.165) is 39.4 Å². The van der Waals surface area contributed by atoms with Gasteiger partial charge in [0.15, 0.2) is 5.78 Å². The summed E-state index contributed by atoms with van der Waals surface area (Å²) in [6.07, 6.45) is 7.39. The van der Waals surface area contributed by atoms with Gasteiger partial charge in [0.05, 0.1) is 7.11 Å². The summed E-state index contributed by atoms with van der Waals surface area (Å²) in [4.78, 5) is 12.8. The molecule has 0 spiro atoms. The number of benzene rings is 3. The number of nitrogens with zero attached hydrogens (tertiary/aromatic N) is 1. The van der Waals surface area contributed by atoms with Crippen LogP contribution in [0.5, 0.6) is 11.5 Å². The molecule has 0 aliphatic carbocycles. The van der Waals surface area contributed by atoms with Crippen LogP contribution in [0.25, 0.3) is 11.8 Å². The number of methoxy groups -OCH3 is 1. The van der Waals surface area contributed by atoms with Crippen LogP contribution < -0.4 is 9.47 Å². The van der Waals surface area contributed by atoms with Crippen LogP contribution in [0, 0.1) is 6.92 Å². The molecule has 0 bridgehead atoms. The number of allylic oxidation sites excluding steroid dienone is 1. The third kappa shape index (κ3) is 5.95. The first-order chi connectivity index (χ1) is 17.2. The third-order valence-corrected chi connectivity index (χ3v) is 6.11. The average molecular weight is 480 g/mol. The van der Waals surface area contributed by atoms with Crippen molar-refractivity contribution >= 4 is 11.9 Å². The van der Waals surface area contributed by atoms with Crippen LogP contribution >= 0.6 is 0 Å². The Bertz CT molecular complexity index is 1360. The SMILES string of the molecule is COc1ccc(/C=C/C(=O)c2ccc(-n3cccc3)cc2)cc1COc1cc(C)ccc1C(C)(C)C. The van der Waals surface area contributed by atoms with Gasteiger partial charge in [-0.05, 0) is 89.7 Å². The highest BCUT2D eigenvalue weighted by Crippen LogP contribution is 2.33. The molecule has 4 nitrogen and oxygen atoms in total. The second-order valence-electron chi connectivity index (χ2n) is 9.94. The minimum absolute atomic E-state index is 0.0296. The van der Waals surface area contributed by atoms with Gasteiger partial charge in [-0.1, -0.05) is 45.0 Å². The van der Waals surface area contributed by atoms with Crippen molar-refractivity contribution in [1.82, 2.24) is 4.57 Å². The summed E-state index contributed by atoms with van der Waals surface area (Å²) in [7, 11) is 1.66. The molecule has 184 valence electrons. The van der Waals surface area contributed by atoms with Crippen molar-refractivity contribution in [3.8, 4) is 17.2 Å². The molecule has 0 amide bonds. The molecule has 0 saturated heterocycles. The Kier molecular flexibility index (Phi) is 7.44. The van der Waals surface area contributed by atoms with Gasteiger partial charge in [-0.2, -0.15) is 0 Å². The molecule has 0 radical (unpaired) electrons. The highest BCUT2D eigenvalue weighted by molar-refractivity contribution is 6.06. The molecule has 0 aliphatic heterocycles. The fraction of sp³-hybridized carbons (Fsp3) is 0.219. The van der Waals surface area contributed by atoms with Crippen molar-refractivity contribution in [1.29, 1.82) is 0 Å². The molecule has 4 aromatic rings. The topological polar surface area (TPSA) is 40.5 Å². The molecule has 0 unspecified atom stereocenters. The summed E-state index contributed by atoms with van der Waals surface area (Å²) in [6.45, 7) is 8.98. The average Bonchev–Trinajstić information content (AvgIpc) is 3.40. The number of ether oxygens (including phenoxy) is 2. The number of rotatable bonds is 8. The second kappa shape index (κ2) is 10.7. The lowest BCUT2D eigenvalue weighted by atomic mass is 9.86. The molecule has 0 atom stereocenters. The molecule has 3 aromatic carbocycles. The van der Waals surface area contributed by atoms with Crippen LogP contribution in [0.4, 0.5) is 0 Å². The lowest BCUT2D eigenvalue weighted by Gasteiger charge is -2.23. The van der Waals surface area contributed by atoms with E-state index in [-0.39, 0.29) is 11.2 Å². The van der Waals surface area contributed by atoms with Crippen molar-refractivity contribution in [2.75, 3.05) is 7.11 Å². The summed E-state index contributed by atoms with van der Waals surface area (Å²) in [5.41, 5.74) is 5.78. The van der Waals surface area contributed by atoms with Gasteiger partial charge in [0, 0.05) is 29.2 Å². The Hall–Kier alpha value is -4.05. The number of carbonyl (C=O) groups excluding carboxylic acids is 1. The molecule has 4 heteroatoms. The first kappa shape index (κ1) is 25.1. The van der Waals surface area contributed by atoms with E-state index in [9.17, 15) is 4.79 Å². The standard InChI is InChI=1S/C32H33NO3/c1-23-8-15-28(32(2,3)4)31(20-23)36-22-26-21-24(10-17-30(26)35-5)9-16-29(34)25-11-13-27(14-12-25)33-18-6-7-19-33/h6-21H,22H2,1-5H3/b16-9+. The second-order valence-corrected chi connectivity index (χ2v) is 9.94. The summed E-state index contributed by atoms with van der Waals surface area (Å²) in [6, 6.07) is 23.7. The first-order valence-electron chi connectivity index (χ1n) is 12.1. The normalized spacial score (nSPS) is 11.6. The summed E-state index contributed by atoms with van der Waals surface area (Å²) in [5.74, 6) is 1.59. The minimum Gasteiger partial charge on any atom is -0.496 e. The van der Waals surface area contributed by atoms with Gasteiger partial charge < -0.3 is 14.0 Å². The van der Waals surface area contributed by atoms with E-state index in [1.807, 2.05) is 77.6 Å². The smallest absolute Gasteiger partial charge is 0.185 e. The number of ketones is 1. The Morgan fingerprint density at radius 1 is 0.917 bits per heavy atom. The minimum atomic E-state index is -0.0442.